The Morgan fingerprint density at radius 2 is 1.79 bits per heavy atom. The van der Waals surface area contributed by atoms with E-state index in [1.54, 1.807) is 6.07 Å². The Labute approximate surface area is 171 Å². The predicted molar refractivity (Wildman–Crippen MR) is 113 cm³/mol. The summed E-state index contributed by atoms with van der Waals surface area (Å²) < 4.78 is 0. The van der Waals surface area contributed by atoms with Crippen molar-refractivity contribution in [3.63, 3.8) is 0 Å². The lowest BCUT2D eigenvalue weighted by molar-refractivity contribution is 0.120. The lowest BCUT2D eigenvalue weighted by Crippen LogP contribution is -2.45. The molecule has 0 aliphatic heterocycles. The summed E-state index contributed by atoms with van der Waals surface area (Å²) in [4.78, 5) is 4.63. The molecule has 0 aromatic heterocycles. The summed E-state index contributed by atoms with van der Waals surface area (Å²) in [7, 11) is 0. The molecule has 0 amide bonds. The molecule has 0 heterocycles. The maximum atomic E-state index is 9.58. The highest BCUT2D eigenvalue weighted by Gasteiger charge is 2.19. The topological polar surface area (TPSA) is 56.7 Å². The smallest absolute Gasteiger partial charge is 0.191 e. The Kier molecular flexibility index (Phi) is 10.3. The second kappa shape index (κ2) is 11.4. The Bertz CT molecular complexity index is 514. The van der Waals surface area contributed by atoms with Gasteiger partial charge in [0.25, 0.3) is 0 Å². The molecule has 0 bridgehead atoms. The quantitative estimate of drug-likeness (QED) is 0.335. The first kappa shape index (κ1) is 21.8. The molecule has 1 aliphatic rings. The summed E-state index contributed by atoms with van der Waals surface area (Å²) in [5.41, 5.74) is 1.09. The molecule has 7 heteroatoms. The summed E-state index contributed by atoms with van der Waals surface area (Å²) >= 11 is 12.0. The highest BCUT2D eigenvalue weighted by molar-refractivity contribution is 14.0. The molecule has 136 valence electrons. The maximum absolute atomic E-state index is 9.58. The van der Waals surface area contributed by atoms with Crippen LogP contribution in [0.4, 0.5) is 0 Å². The molecular formula is C17H26Cl2IN3O. The monoisotopic (exact) mass is 485 g/mol. The van der Waals surface area contributed by atoms with E-state index in [1.807, 2.05) is 12.1 Å². The van der Waals surface area contributed by atoms with Gasteiger partial charge in [0, 0.05) is 29.2 Å². The normalized spacial score (nSPS) is 21.1. The minimum atomic E-state index is -0.139. The zero-order valence-electron chi connectivity index (χ0n) is 13.9. The molecule has 1 aromatic carbocycles. The second-order valence-electron chi connectivity index (χ2n) is 5.94. The van der Waals surface area contributed by atoms with Crippen LogP contribution in [0, 0.1) is 0 Å². The van der Waals surface area contributed by atoms with Crippen LogP contribution in [0.15, 0.2) is 23.2 Å². The first-order valence-corrected chi connectivity index (χ1v) is 9.00. The number of aliphatic imine (C=N–C) groups is 1. The van der Waals surface area contributed by atoms with Gasteiger partial charge in [0.15, 0.2) is 5.96 Å². The van der Waals surface area contributed by atoms with Crippen LogP contribution in [0.25, 0.3) is 0 Å². The third kappa shape index (κ3) is 7.76. The molecule has 0 spiro atoms. The zero-order valence-corrected chi connectivity index (χ0v) is 17.7. The molecule has 4 nitrogen and oxygen atoms in total. The fourth-order valence-electron chi connectivity index (χ4n) is 2.79. The van der Waals surface area contributed by atoms with E-state index in [2.05, 4.69) is 22.5 Å². The standard InChI is InChI=1S/C17H25Cl2N3O.HI/c1-2-20-17(22-15-3-5-16(23)6-4-15)21-8-7-12-9-13(18)11-14(19)10-12;/h9-11,15-16,23H,2-8H2,1H3,(H2,20,21,22);1H. The largest absolute Gasteiger partial charge is 0.393 e. The first-order valence-electron chi connectivity index (χ1n) is 8.24. The van der Waals surface area contributed by atoms with Crippen LogP contribution in [-0.4, -0.2) is 36.3 Å². The second-order valence-corrected chi connectivity index (χ2v) is 6.81. The van der Waals surface area contributed by atoms with Gasteiger partial charge in [-0.05, 0) is 62.8 Å². The van der Waals surface area contributed by atoms with Gasteiger partial charge in [-0.15, -0.1) is 24.0 Å². The van der Waals surface area contributed by atoms with Crippen molar-refractivity contribution in [3.8, 4) is 0 Å². The summed E-state index contributed by atoms with van der Waals surface area (Å²) in [6, 6.07) is 5.97. The first-order chi connectivity index (χ1) is 11.1. The van der Waals surface area contributed by atoms with Crippen molar-refractivity contribution >= 4 is 53.1 Å². The number of nitrogens with one attached hydrogen (secondary N) is 2. The van der Waals surface area contributed by atoms with Gasteiger partial charge in [0.1, 0.15) is 0 Å². The van der Waals surface area contributed by atoms with Crippen LogP contribution in [0.2, 0.25) is 10.0 Å². The van der Waals surface area contributed by atoms with E-state index in [0.717, 1.165) is 50.2 Å². The van der Waals surface area contributed by atoms with Crippen LogP contribution in [-0.2, 0) is 6.42 Å². The molecule has 0 unspecified atom stereocenters. The van der Waals surface area contributed by atoms with E-state index in [0.29, 0.717) is 22.6 Å². The van der Waals surface area contributed by atoms with Crippen molar-refractivity contribution in [1.29, 1.82) is 0 Å². The average molecular weight is 486 g/mol. The molecular weight excluding hydrogens is 460 g/mol. The van der Waals surface area contributed by atoms with Crippen LogP contribution < -0.4 is 10.6 Å². The van der Waals surface area contributed by atoms with E-state index >= 15 is 0 Å². The minimum Gasteiger partial charge on any atom is -0.393 e. The maximum Gasteiger partial charge on any atom is 0.191 e. The van der Waals surface area contributed by atoms with Crippen molar-refractivity contribution in [2.45, 2.75) is 51.2 Å². The van der Waals surface area contributed by atoms with Crippen LogP contribution >= 0.6 is 47.2 Å². The van der Waals surface area contributed by atoms with Gasteiger partial charge in [0.05, 0.1) is 6.10 Å². The van der Waals surface area contributed by atoms with Gasteiger partial charge >= 0.3 is 0 Å². The molecule has 0 atom stereocenters. The molecule has 1 saturated carbocycles. The number of hydrogen-bond acceptors (Lipinski definition) is 2. The van der Waals surface area contributed by atoms with E-state index in [1.165, 1.54) is 0 Å². The van der Waals surface area contributed by atoms with Crippen LogP contribution in [0.5, 0.6) is 0 Å². The predicted octanol–water partition coefficient (Wildman–Crippen LogP) is 4.01. The number of halogens is 3. The number of aliphatic hydroxyl groups excluding tert-OH is 1. The lowest BCUT2D eigenvalue weighted by Gasteiger charge is -2.27. The molecule has 2 rings (SSSR count). The number of nitrogens with zero attached hydrogens (tertiary/aromatic N) is 1. The van der Waals surface area contributed by atoms with Gasteiger partial charge in [-0.25, -0.2) is 0 Å². The highest BCUT2D eigenvalue weighted by atomic mass is 127. The Morgan fingerprint density at radius 3 is 2.38 bits per heavy atom. The average Bonchev–Trinajstić information content (AvgIpc) is 2.49. The lowest BCUT2D eigenvalue weighted by atomic mass is 9.93. The van der Waals surface area contributed by atoms with Gasteiger partial charge in [-0.1, -0.05) is 23.2 Å². The molecule has 24 heavy (non-hydrogen) atoms. The third-order valence-electron chi connectivity index (χ3n) is 3.97. The van der Waals surface area contributed by atoms with Gasteiger partial charge in [-0.2, -0.15) is 0 Å². The minimum absolute atomic E-state index is 0. The van der Waals surface area contributed by atoms with Crippen molar-refractivity contribution in [2.24, 2.45) is 4.99 Å². The third-order valence-corrected chi connectivity index (χ3v) is 4.41. The van der Waals surface area contributed by atoms with Crippen LogP contribution in [0.1, 0.15) is 38.2 Å². The van der Waals surface area contributed by atoms with Crippen molar-refractivity contribution < 1.29 is 5.11 Å². The number of hydrogen-bond donors (Lipinski definition) is 3. The zero-order chi connectivity index (χ0) is 16.7. The summed E-state index contributed by atoms with van der Waals surface area (Å²) in [6.45, 7) is 3.55. The molecule has 3 N–H and O–H groups in total. The summed E-state index contributed by atoms with van der Waals surface area (Å²) in [5.74, 6) is 0.835. The van der Waals surface area contributed by atoms with E-state index < -0.39 is 0 Å². The number of benzene rings is 1. The summed E-state index contributed by atoms with van der Waals surface area (Å²) in [6.07, 6.45) is 4.33. The van der Waals surface area contributed by atoms with Gasteiger partial charge in [-0.3, -0.25) is 4.99 Å². The fraction of sp³-hybridized carbons (Fsp3) is 0.588. The number of guanidine groups is 1. The molecule has 0 saturated heterocycles. The Hall–Kier alpha value is -0.240. The Balaban J connectivity index is 0.00000288. The van der Waals surface area contributed by atoms with Gasteiger partial charge in [0.2, 0.25) is 0 Å². The SMILES string of the molecule is CCNC(=NCCc1cc(Cl)cc(Cl)c1)NC1CCC(O)CC1.I. The molecule has 1 aliphatic carbocycles. The summed E-state index contributed by atoms with van der Waals surface area (Å²) in [5, 5.41) is 17.6. The molecule has 0 radical (unpaired) electrons. The van der Waals surface area contributed by atoms with E-state index in [9.17, 15) is 5.11 Å². The number of rotatable bonds is 5. The molecule has 1 fully saturated rings. The molecule has 1 aromatic rings. The fourth-order valence-corrected chi connectivity index (χ4v) is 3.36. The van der Waals surface area contributed by atoms with E-state index in [4.69, 9.17) is 23.2 Å². The van der Waals surface area contributed by atoms with Gasteiger partial charge < -0.3 is 15.7 Å². The van der Waals surface area contributed by atoms with Crippen molar-refractivity contribution in [3.05, 3.63) is 33.8 Å². The number of aliphatic hydroxyl groups is 1. The Morgan fingerprint density at radius 1 is 1.17 bits per heavy atom. The van der Waals surface area contributed by atoms with Crippen molar-refractivity contribution in [1.82, 2.24) is 10.6 Å². The highest BCUT2D eigenvalue weighted by Crippen LogP contribution is 2.20. The van der Waals surface area contributed by atoms with E-state index in [-0.39, 0.29) is 30.1 Å². The van der Waals surface area contributed by atoms with Crippen LogP contribution in [0.3, 0.4) is 0 Å². The van der Waals surface area contributed by atoms with Crippen molar-refractivity contribution in [2.75, 3.05) is 13.1 Å².